The minimum Gasteiger partial charge on any atom is -0.311 e. The number of rotatable bonds is 4. The van der Waals surface area contributed by atoms with Crippen molar-refractivity contribution in [3.63, 3.8) is 0 Å². The summed E-state index contributed by atoms with van der Waals surface area (Å²) in [5, 5.41) is 3.60. The van der Waals surface area contributed by atoms with Crippen molar-refractivity contribution < 1.29 is 4.39 Å². The van der Waals surface area contributed by atoms with Crippen LogP contribution in [-0.2, 0) is 0 Å². The summed E-state index contributed by atoms with van der Waals surface area (Å²) >= 11 is 0. The van der Waals surface area contributed by atoms with Crippen LogP contribution in [0.3, 0.4) is 0 Å². The number of nitrogens with zero attached hydrogens (tertiary/aromatic N) is 1. The molecule has 1 N–H and O–H groups in total. The topological polar surface area (TPSA) is 15.3 Å². The van der Waals surface area contributed by atoms with Gasteiger partial charge in [0.05, 0.1) is 6.67 Å². The van der Waals surface area contributed by atoms with E-state index in [-0.39, 0.29) is 12.1 Å². The van der Waals surface area contributed by atoms with Crippen molar-refractivity contribution in [1.29, 1.82) is 0 Å². The first-order valence-electron chi connectivity index (χ1n) is 6.52. The summed E-state index contributed by atoms with van der Waals surface area (Å²) in [6, 6.07) is 1.11. The first kappa shape index (κ1) is 13.9. The molecular formula is C13H27FN2. The molecule has 2 atom stereocenters. The molecule has 0 aromatic carbocycles. The Morgan fingerprint density at radius 2 is 2.06 bits per heavy atom. The Kier molecular flexibility index (Phi) is 5.19. The van der Waals surface area contributed by atoms with Crippen LogP contribution in [0.25, 0.3) is 0 Å². The minimum absolute atomic E-state index is 0.197. The summed E-state index contributed by atoms with van der Waals surface area (Å²) in [5.74, 6) is 0. The van der Waals surface area contributed by atoms with E-state index >= 15 is 0 Å². The van der Waals surface area contributed by atoms with Crippen molar-refractivity contribution in [2.24, 2.45) is 5.41 Å². The van der Waals surface area contributed by atoms with Gasteiger partial charge < -0.3 is 5.32 Å². The zero-order chi connectivity index (χ0) is 12.2. The molecule has 96 valence electrons. The number of piperazine rings is 1. The largest absolute Gasteiger partial charge is 0.311 e. The molecule has 0 bridgehead atoms. The van der Waals surface area contributed by atoms with E-state index in [0.717, 1.165) is 26.1 Å². The lowest BCUT2D eigenvalue weighted by Gasteiger charge is -2.46. The van der Waals surface area contributed by atoms with Gasteiger partial charge in [0.2, 0.25) is 0 Å². The lowest BCUT2D eigenvalue weighted by atomic mass is 9.83. The number of halogens is 1. The predicted molar refractivity (Wildman–Crippen MR) is 67.5 cm³/mol. The van der Waals surface area contributed by atoms with Crippen molar-refractivity contribution in [3.05, 3.63) is 0 Å². The highest BCUT2D eigenvalue weighted by Gasteiger charge is 2.34. The second kappa shape index (κ2) is 5.97. The van der Waals surface area contributed by atoms with E-state index in [1.54, 1.807) is 0 Å². The molecule has 1 rings (SSSR count). The fraction of sp³-hybridized carbons (Fsp3) is 1.00. The van der Waals surface area contributed by atoms with Crippen LogP contribution in [-0.4, -0.2) is 43.3 Å². The highest BCUT2D eigenvalue weighted by Crippen LogP contribution is 2.26. The molecule has 16 heavy (non-hydrogen) atoms. The van der Waals surface area contributed by atoms with Gasteiger partial charge >= 0.3 is 0 Å². The SMILES string of the molecule is CCC1CN(CCCF)C(C(C)(C)C)CN1. The molecule has 3 heteroatoms. The maximum absolute atomic E-state index is 12.3. The summed E-state index contributed by atoms with van der Waals surface area (Å²) in [7, 11) is 0. The van der Waals surface area contributed by atoms with Crippen molar-refractivity contribution >= 4 is 0 Å². The Morgan fingerprint density at radius 1 is 1.38 bits per heavy atom. The molecule has 0 aliphatic carbocycles. The normalized spacial score (nSPS) is 28.3. The zero-order valence-corrected chi connectivity index (χ0v) is 11.2. The fourth-order valence-electron chi connectivity index (χ4n) is 2.52. The van der Waals surface area contributed by atoms with Crippen LogP contribution in [0.1, 0.15) is 40.5 Å². The van der Waals surface area contributed by atoms with Crippen LogP contribution in [0.4, 0.5) is 4.39 Å². The Bertz CT molecular complexity index is 201. The summed E-state index contributed by atoms with van der Waals surface area (Å²) in [5.41, 5.74) is 0.266. The first-order chi connectivity index (χ1) is 7.49. The molecule has 0 spiro atoms. The number of nitrogens with one attached hydrogen (secondary N) is 1. The summed E-state index contributed by atoms with van der Waals surface area (Å²) in [4.78, 5) is 2.48. The van der Waals surface area contributed by atoms with Crippen LogP contribution in [0.5, 0.6) is 0 Å². The van der Waals surface area contributed by atoms with Crippen LogP contribution in [0.2, 0.25) is 0 Å². The lowest BCUT2D eigenvalue weighted by Crippen LogP contribution is -2.60. The van der Waals surface area contributed by atoms with E-state index in [2.05, 4.69) is 37.9 Å². The number of alkyl halides is 1. The molecule has 0 amide bonds. The number of hydrogen-bond acceptors (Lipinski definition) is 2. The standard InChI is InChI=1S/C13H27FN2/c1-5-11-10-16(8-6-7-14)12(9-15-11)13(2,3)4/h11-12,15H,5-10H2,1-4H3. The van der Waals surface area contributed by atoms with Gasteiger partial charge in [-0.05, 0) is 18.3 Å². The smallest absolute Gasteiger partial charge is 0.0906 e. The highest BCUT2D eigenvalue weighted by molar-refractivity contribution is 4.91. The third kappa shape index (κ3) is 3.70. The third-order valence-corrected chi connectivity index (χ3v) is 3.57. The molecule has 0 aromatic rings. The van der Waals surface area contributed by atoms with Gasteiger partial charge in [0.15, 0.2) is 0 Å². The third-order valence-electron chi connectivity index (χ3n) is 3.57. The van der Waals surface area contributed by atoms with Crippen LogP contribution >= 0.6 is 0 Å². The second-order valence-electron chi connectivity index (χ2n) is 5.93. The molecule has 0 aromatic heterocycles. The van der Waals surface area contributed by atoms with E-state index in [9.17, 15) is 4.39 Å². The molecule has 1 saturated heterocycles. The molecule has 2 unspecified atom stereocenters. The van der Waals surface area contributed by atoms with E-state index in [4.69, 9.17) is 0 Å². The Morgan fingerprint density at radius 3 is 2.56 bits per heavy atom. The van der Waals surface area contributed by atoms with Gasteiger partial charge in [-0.3, -0.25) is 9.29 Å². The van der Waals surface area contributed by atoms with Gasteiger partial charge in [-0.2, -0.15) is 0 Å². The Balaban J connectivity index is 2.60. The van der Waals surface area contributed by atoms with E-state index in [0.29, 0.717) is 18.5 Å². The van der Waals surface area contributed by atoms with Crippen molar-refractivity contribution in [2.45, 2.75) is 52.6 Å². The molecule has 0 saturated carbocycles. The summed E-state index contributed by atoms with van der Waals surface area (Å²) < 4.78 is 12.3. The van der Waals surface area contributed by atoms with Gasteiger partial charge in [-0.1, -0.05) is 27.7 Å². The fourth-order valence-corrected chi connectivity index (χ4v) is 2.52. The quantitative estimate of drug-likeness (QED) is 0.798. The number of hydrogen-bond donors (Lipinski definition) is 1. The maximum Gasteiger partial charge on any atom is 0.0906 e. The van der Waals surface area contributed by atoms with E-state index in [1.165, 1.54) is 0 Å². The Hall–Kier alpha value is -0.150. The van der Waals surface area contributed by atoms with E-state index in [1.807, 2.05) is 0 Å². The highest BCUT2D eigenvalue weighted by atomic mass is 19.1. The maximum atomic E-state index is 12.3. The molecule has 2 nitrogen and oxygen atoms in total. The Labute approximate surface area is 99.6 Å². The minimum atomic E-state index is -0.197. The molecule has 1 fully saturated rings. The van der Waals surface area contributed by atoms with Crippen molar-refractivity contribution in [3.8, 4) is 0 Å². The summed E-state index contributed by atoms with van der Waals surface area (Å²) in [6.07, 6.45) is 1.83. The van der Waals surface area contributed by atoms with Gasteiger partial charge in [-0.15, -0.1) is 0 Å². The van der Waals surface area contributed by atoms with Crippen LogP contribution in [0.15, 0.2) is 0 Å². The average molecular weight is 230 g/mol. The predicted octanol–water partition coefficient (Wildman–Crippen LogP) is 2.44. The van der Waals surface area contributed by atoms with Crippen molar-refractivity contribution in [2.75, 3.05) is 26.3 Å². The lowest BCUT2D eigenvalue weighted by molar-refractivity contribution is 0.0525. The first-order valence-corrected chi connectivity index (χ1v) is 6.52. The van der Waals surface area contributed by atoms with Gasteiger partial charge in [0.25, 0.3) is 0 Å². The van der Waals surface area contributed by atoms with Gasteiger partial charge in [0.1, 0.15) is 0 Å². The molecule has 1 aliphatic heterocycles. The van der Waals surface area contributed by atoms with Gasteiger partial charge in [-0.25, -0.2) is 0 Å². The van der Waals surface area contributed by atoms with Crippen LogP contribution in [0, 0.1) is 5.41 Å². The van der Waals surface area contributed by atoms with E-state index < -0.39 is 0 Å². The molecule has 1 heterocycles. The molecule has 1 aliphatic rings. The second-order valence-corrected chi connectivity index (χ2v) is 5.93. The van der Waals surface area contributed by atoms with Crippen LogP contribution < -0.4 is 5.32 Å². The van der Waals surface area contributed by atoms with Gasteiger partial charge in [0, 0.05) is 31.7 Å². The molecular weight excluding hydrogens is 203 g/mol. The summed E-state index contributed by atoms with van der Waals surface area (Å²) in [6.45, 7) is 11.8. The zero-order valence-electron chi connectivity index (χ0n) is 11.2. The monoisotopic (exact) mass is 230 g/mol. The van der Waals surface area contributed by atoms with Crippen molar-refractivity contribution in [1.82, 2.24) is 10.2 Å². The average Bonchev–Trinajstić information content (AvgIpc) is 2.24. The molecule has 0 radical (unpaired) electrons.